The highest BCUT2D eigenvalue weighted by Crippen LogP contribution is 2.25. The third kappa shape index (κ3) is 4.37. The van der Waals surface area contributed by atoms with E-state index in [9.17, 15) is 9.59 Å². The predicted molar refractivity (Wildman–Crippen MR) is 103 cm³/mol. The molecule has 0 fully saturated rings. The molecule has 1 aromatic carbocycles. The molecular weight excluding hydrogens is 362 g/mol. The lowest BCUT2D eigenvalue weighted by molar-refractivity contribution is -0.118. The topological polar surface area (TPSA) is 111 Å². The first kappa shape index (κ1) is 19.2. The Kier molecular flexibility index (Phi) is 5.73. The van der Waals surface area contributed by atoms with Crippen LogP contribution in [-0.4, -0.2) is 39.4 Å². The van der Waals surface area contributed by atoms with E-state index < -0.39 is 0 Å². The van der Waals surface area contributed by atoms with Gasteiger partial charge in [0.05, 0.1) is 12.8 Å². The maximum Gasteiger partial charge on any atom is 0.263 e. The van der Waals surface area contributed by atoms with Gasteiger partial charge in [0, 0.05) is 17.8 Å². The number of carbonyl (C=O) groups is 1. The molecule has 146 valence electrons. The van der Waals surface area contributed by atoms with Crippen molar-refractivity contribution in [3.63, 3.8) is 0 Å². The van der Waals surface area contributed by atoms with Crippen LogP contribution in [0.4, 0.5) is 5.82 Å². The molecule has 0 unspecified atom stereocenters. The summed E-state index contributed by atoms with van der Waals surface area (Å²) in [5, 5.41) is 7.03. The number of aromatic amines is 1. The van der Waals surface area contributed by atoms with E-state index in [2.05, 4.69) is 20.4 Å². The summed E-state index contributed by atoms with van der Waals surface area (Å²) in [4.78, 5) is 31.2. The van der Waals surface area contributed by atoms with E-state index in [0.29, 0.717) is 35.1 Å². The molecule has 0 saturated carbocycles. The summed E-state index contributed by atoms with van der Waals surface area (Å²) in [5.74, 6) is 1.22. The first-order valence-electron chi connectivity index (χ1n) is 8.73. The predicted octanol–water partition coefficient (Wildman–Crippen LogP) is 1.85. The molecular formula is C19H21N5O4. The summed E-state index contributed by atoms with van der Waals surface area (Å²) in [6.07, 6.45) is 0.603. The minimum Gasteiger partial charge on any atom is -0.493 e. The fourth-order valence-corrected chi connectivity index (χ4v) is 2.59. The number of amides is 1. The number of hydrogen-bond donors (Lipinski definition) is 2. The average Bonchev–Trinajstić information content (AvgIpc) is 3.06. The van der Waals surface area contributed by atoms with E-state index in [1.807, 2.05) is 13.0 Å². The number of hydrogen-bond acceptors (Lipinski definition) is 6. The summed E-state index contributed by atoms with van der Waals surface area (Å²) in [7, 11) is 1.53. The number of nitrogens with one attached hydrogen (secondary N) is 2. The molecule has 2 aromatic heterocycles. The quantitative estimate of drug-likeness (QED) is 0.644. The standard InChI is InChI=1S/C19H21N5O4/c1-4-13-10-17(25)22-19(20-13)24-16(9-12(2)23-24)21-18(26)11-28-15-8-6-5-7-14(15)27-3/h5-10H,4,11H2,1-3H3,(H,21,26)(H,20,22,25). The second kappa shape index (κ2) is 8.38. The number of ether oxygens (including phenoxy) is 2. The van der Waals surface area contributed by atoms with Gasteiger partial charge < -0.3 is 14.8 Å². The lowest BCUT2D eigenvalue weighted by Gasteiger charge is -2.11. The summed E-state index contributed by atoms with van der Waals surface area (Å²) in [6.45, 7) is 3.46. The second-order valence-electron chi connectivity index (χ2n) is 5.98. The molecule has 0 atom stereocenters. The Morgan fingerprint density at radius 2 is 2.00 bits per heavy atom. The number of benzene rings is 1. The average molecular weight is 383 g/mol. The van der Waals surface area contributed by atoms with Crippen LogP contribution in [0, 0.1) is 6.92 Å². The molecule has 0 radical (unpaired) electrons. The van der Waals surface area contributed by atoms with Gasteiger partial charge in [-0.05, 0) is 25.5 Å². The number of aryl methyl sites for hydroxylation is 2. The first-order valence-corrected chi connectivity index (χ1v) is 8.73. The van der Waals surface area contributed by atoms with E-state index >= 15 is 0 Å². The molecule has 3 aromatic rings. The molecule has 9 nitrogen and oxygen atoms in total. The lowest BCUT2D eigenvalue weighted by Crippen LogP contribution is -2.23. The number of methoxy groups -OCH3 is 1. The van der Waals surface area contributed by atoms with E-state index in [1.54, 1.807) is 31.2 Å². The van der Waals surface area contributed by atoms with Gasteiger partial charge in [-0.3, -0.25) is 14.6 Å². The molecule has 2 N–H and O–H groups in total. The van der Waals surface area contributed by atoms with E-state index in [4.69, 9.17) is 9.47 Å². The number of H-pyrrole nitrogens is 1. The first-order chi connectivity index (χ1) is 13.5. The van der Waals surface area contributed by atoms with Gasteiger partial charge >= 0.3 is 0 Å². The zero-order valence-electron chi connectivity index (χ0n) is 15.9. The number of carbonyl (C=O) groups excluding carboxylic acids is 1. The molecule has 2 heterocycles. The molecule has 1 amide bonds. The van der Waals surface area contributed by atoms with Crippen LogP contribution in [0.3, 0.4) is 0 Å². The van der Waals surface area contributed by atoms with Crippen molar-refractivity contribution in [2.45, 2.75) is 20.3 Å². The van der Waals surface area contributed by atoms with Gasteiger partial charge in [-0.25, -0.2) is 4.98 Å². The van der Waals surface area contributed by atoms with Crippen LogP contribution < -0.4 is 20.3 Å². The Balaban J connectivity index is 1.77. The largest absolute Gasteiger partial charge is 0.493 e. The highest BCUT2D eigenvalue weighted by Gasteiger charge is 2.14. The van der Waals surface area contributed by atoms with Crippen LogP contribution >= 0.6 is 0 Å². The van der Waals surface area contributed by atoms with Crippen molar-refractivity contribution in [1.29, 1.82) is 0 Å². The van der Waals surface area contributed by atoms with Crippen LogP contribution in [0.1, 0.15) is 18.3 Å². The van der Waals surface area contributed by atoms with Gasteiger partial charge in [0.2, 0.25) is 5.95 Å². The van der Waals surface area contributed by atoms with Gasteiger partial charge in [-0.2, -0.15) is 9.78 Å². The molecule has 0 aliphatic rings. The Morgan fingerprint density at radius 3 is 2.71 bits per heavy atom. The van der Waals surface area contributed by atoms with Crippen LogP contribution in [-0.2, 0) is 11.2 Å². The summed E-state index contributed by atoms with van der Waals surface area (Å²) in [5.41, 5.74) is 1.00. The van der Waals surface area contributed by atoms with Crippen molar-refractivity contribution in [3.8, 4) is 17.4 Å². The number of nitrogens with zero attached hydrogens (tertiary/aromatic N) is 3. The Bertz CT molecular complexity index is 1040. The van der Waals surface area contributed by atoms with Crippen LogP contribution in [0.25, 0.3) is 5.95 Å². The summed E-state index contributed by atoms with van der Waals surface area (Å²) >= 11 is 0. The minimum atomic E-state index is -0.388. The third-order valence-electron chi connectivity index (χ3n) is 3.87. The zero-order valence-corrected chi connectivity index (χ0v) is 15.9. The smallest absolute Gasteiger partial charge is 0.263 e. The molecule has 0 bridgehead atoms. The van der Waals surface area contributed by atoms with Gasteiger partial charge in [0.15, 0.2) is 18.1 Å². The number of para-hydroxylation sites is 2. The maximum absolute atomic E-state index is 12.4. The third-order valence-corrected chi connectivity index (χ3v) is 3.87. The van der Waals surface area contributed by atoms with Crippen molar-refractivity contribution < 1.29 is 14.3 Å². The van der Waals surface area contributed by atoms with Crippen molar-refractivity contribution in [2.24, 2.45) is 0 Å². The monoisotopic (exact) mass is 383 g/mol. The maximum atomic E-state index is 12.4. The highest BCUT2D eigenvalue weighted by atomic mass is 16.5. The van der Waals surface area contributed by atoms with Gasteiger partial charge in [-0.15, -0.1) is 0 Å². The van der Waals surface area contributed by atoms with E-state index in [1.165, 1.54) is 17.9 Å². The molecule has 3 rings (SSSR count). The minimum absolute atomic E-state index is 0.219. The Hall–Kier alpha value is -3.62. The number of aromatic nitrogens is 4. The molecule has 0 aliphatic carbocycles. The van der Waals surface area contributed by atoms with Crippen LogP contribution in [0.15, 0.2) is 41.2 Å². The summed E-state index contributed by atoms with van der Waals surface area (Å²) in [6, 6.07) is 10.2. The van der Waals surface area contributed by atoms with Crippen LogP contribution in [0.2, 0.25) is 0 Å². The molecule has 0 saturated heterocycles. The number of anilines is 1. The summed E-state index contributed by atoms with van der Waals surface area (Å²) < 4.78 is 12.1. The molecule has 9 heteroatoms. The number of rotatable bonds is 7. The van der Waals surface area contributed by atoms with Crippen molar-refractivity contribution in [3.05, 3.63) is 58.1 Å². The second-order valence-corrected chi connectivity index (χ2v) is 5.98. The van der Waals surface area contributed by atoms with E-state index in [-0.39, 0.29) is 24.0 Å². The highest BCUT2D eigenvalue weighted by molar-refractivity contribution is 5.91. The molecule has 0 aliphatic heterocycles. The van der Waals surface area contributed by atoms with Crippen LogP contribution in [0.5, 0.6) is 11.5 Å². The normalized spacial score (nSPS) is 10.5. The zero-order chi connectivity index (χ0) is 20.1. The van der Waals surface area contributed by atoms with Gasteiger partial charge in [0.25, 0.3) is 11.5 Å². The van der Waals surface area contributed by atoms with Gasteiger partial charge in [0.1, 0.15) is 5.82 Å². The fraction of sp³-hybridized carbons (Fsp3) is 0.263. The molecule has 0 spiro atoms. The Labute approximate surface area is 161 Å². The van der Waals surface area contributed by atoms with Crippen molar-refractivity contribution in [2.75, 3.05) is 19.0 Å². The van der Waals surface area contributed by atoms with Crippen molar-refractivity contribution in [1.82, 2.24) is 19.7 Å². The van der Waals surface area contributed by atoms with Gasteiger partial charge in [-0.1, -0.05) is 19.1 Å². The Morgan fingerprint density at radius 1 is 1.25 bits per heavy atom. The molecule has 28 heavy (non-hydrogen) atoms. The SMILES string of the molecule is CCc1cc(=O)[nH]c(-n2nc(C)cc2NC(=O)COc2ccccc2OC)n1. The van der Waals surface area contributed by atoms with E-state index in [0.717, 1.165) is 0 Å². The lowest BCUT2D eigenvalue weighted by atomic mass is 10.3. The fourth-order valence-electron chi connectivity index (χ4n) is 2.59. The van der Waals surface area contributed by atoms with Crippen molar-refractivity contribution >= 4 is 11.7 Å².